The predicted octanol–water partition coefficient (Wildman–Crippen LogP) is 3.82. The number of sulfonamides is 1. The fourth-order valence-electron chi connectivity index (χ4n) is 4.19. The van der Waals surface area contributed by atoms with Crippen LogP contribution in [0.3, 0.4) is 0 Å². The van der Waals surface area contributed by atoms with Gasteiger partial charge < -0.3 is 14.8 Å². The van der Waals surface area contributed by atoms with Crippen LogP contribution in [0.4, 0.5) is 5.69 Å². The molecule has 42 heavy (non-hydrogen) atoms. The first-order valence-electron chi connectivity index (χ1n) is 13.3. The van der Waals surface area contributed by atoms with Crippen LogP contribution in [0.5, 0.6) is 5.75 Å². The van der Waals surface area contributed by atoms with Crippen molar-refractivity contribution in [3.05, 3.63) is 66.2 Å². The van der Waals surface area contributed by atoms with E-state index in [4.69, 9.17) is 14.3 Å². The van der Waals surface area contributed by atoms with Gasteiger partial charge in [0.1, 0.15) is 22.3 Å². The van der Waals surface area contributed by atoms with Crippen molar-refractivity contribution in [2.45, 2.75) is 57.1 Å². The van der Waals surface area contributed by atoms with Crippen molar-refractivity contribution >= 4 is 44.3 Å². The average molecular weight is 600 g/mol. The Morgan fingerprint density at radius 3 is 2.36 bits per heavy atom. The molecule has 12 heteroatoms. The summed E-state index contributed by atoms with van der Waals surface area (Å²) in [6, 6.07) is 16.3. The highest BCUT2D eigenvalue weighted by Crippen LogP contribution is 2.29. The van der Waals surface area contributed by atoms with E-state index in [1.807, 2.05) is 42.5 Å². The third-order valence-corrected chi connectivity index (χ3v) is 7.54. The van der Waals surface area contributed by atoms with Gasteiger partial charge in [-0.2, -0.15) is 4.72 Å². The van der Waals surface area contributed by atoms with Crippen LogP contribution in [-0.2, 0) is 40.4 Å². The zero-order valence-corrected chi connectivity index (χ0v) is 25.4. The van der Waals surface area contributed by atoms with Crippen molar-refractivity contribution < 1.29 is 37.1 Å². The fourth-order valence-corrected chi connectivity index (χ4v) is 5.51. The lowest BCUT2D eigenvalue weighted by molar-refractivity contribution is -0.173. The second-order valence-corrected chi connectivity index (χ2v) is 12.2. The summed E-state index contributed by atoms with van der Waals surface area (Å²) in [5, 5.41) is 5.55. The molecule has 0 saturated carbocycles. The molecule has 0 aliphatic carbocycles. The summed E-state index contributed by atoms with van der Waals surface area (Å²) < 4.78 is 40.9. The summed E-state index contributed by atoms with van der Waals surface area (Å²) in [5.74, 6) is -1.98. The van der Waals surface area contributed by atoms with E-state index in [2.05, 4.69) is 10.0 Å². The van der Waals surface area contributed by atoms with E-state index in [-0.39, 0.29) is 23.2 Å². The topological polar surface area (TPSA) is 140 Å². The SMILES string of the molecule is CON(C)C(=O)C(CC(=O)OC(C)(C)C)NS(=O)(=O)c1ccc(NC(C)=O)cc1OCCc1cccc2ccccc12. The third kappa shape index (κ3) is 9.00. The normalized spacial score (nSPS) is 12.4. The Bertz CT molecular complexity index is 1540. The molecule has 0 radical (unpaired) electrons. The highest BCUT2D eigenvalue weighted by molar-refractivity contribution is 7.89. The molecule has 0 aromatic heterocycles. The molecule has 3 aromatic rings. The van der Waals surface area contributed by atoms with Gasteiger partial charge in [0.05, 0.1) is 20.1 Å². The number of carbonyl (C=O) groups is 3. The molecule has 3 rings (SSSR count). The molecule has 0 aliphatic heterocycles. The molecule has 1 unspecified atom stereocenters. The number of esters is 1. The maximum absolute atomic E-state index is 13.6. The summed E-state index contributed by atoms with van der Waals surface area (Å²) in [7, 11) is -1.91. The highest BCUT2D eigenvalue weighted by atomic mass is 32.2. The summed E-state index contributed by atoms with van der Waals surface area (Å²) in [6.07, 6.45) is -0.110. The minimum atomic E-state index is -4.44. The molecule has 2 amide bonds. The first-order valence-corrected chi connectivity index (χ1v) is 14.8. The zero-order valence-electron chi connectivity index (χ0n) is 24.6. The van der Waals surface area contributed by atoms with Crippen LogP contribution in [0.15, 0.2) is 65.6 Å². The number of fused-ring (bicyclic) bond motifs is 1. The lowest BCUT2D eigenvalue weighted by Gasteiger charge is -2.25. The molecule has 1 atom stereocenters. The zero-order chi connectivity index (χ0) is 31.1. The Kier molecular flexibility index (Phi) is 10.7. The van der Waals surface area contributed by atoms with Gasteiger partial charge in [-0.25, -0.2) is 13.5 Å². The lowest BCUT2D eigenvalue weighted by Crippen LogP contribution is -2.48. The summed E-state index contributed by atoms with van der Waals surface area (Å²) in [4.78, 5) is 41.8. The predicted molar refractivity (Wildman–Crippen MR) is 158 cm³/mol. The van der Waals surface area contributed by atoms with E-state index in [0.29, 0.717) is 12.1 Å². The van der Waals surface area contributed by atoms with Gasteiger partial charge >= 0.3 is 5.97 Å². The van der Waals surface area contributed by atoms with E-state index in [9.17, 15) is 22.8 Å². The van der Waals surface area contributed by atoms with Crippen molar-refractivity contribution in [1.82, 2.24) is 9.79 Å². The smallest absolute Gasteiger partial charge is 0.308 e. The third-order valence-electron chi connectivity index (χ3n) is 6.03. The lowest BCUT2D eigenvalue weighted by atomic mass is 10.0. The number of amides is 2. The first kappa shape index (κ1) is 32.5. The number of hydrogen-bond acceptors (Lipinski definition) is 8. The number of nitrogens with one attached hydrogen (secondary N) is 2. The van der Waals surface area contributed by atoms with Gasteiger partial charge in [0, 0.05) is 32.1 Å². The van der Waals surface area contributed by atoms with E-state index in [1.54, 1.807) is 20.8 Å². The van der Waals surface area contributed by atoms with Crippen LogP contribution >= 0.6 is 0 Å². The molecule has 3 aromatic carbocycles. The van der Waals surface area contributed by atoms with Crippen LogP contribution in [0, 0.1) is 0 Å². The molecule has 11 nitrogen and oxygen atoms in total. The van der Waals surface area contributed by atoms with Crippen molar-refractivity contribution in [2.24, 2.45) is 0 Å². The quantitative estimate of drug-likeness (QED) is 0.237. The Hall–Kier alpha value is -4.00. The van der Waals surface area contributed by atoms with Crippen LogP contribution < -0.4 is 14.8 Å². The van der Waals surface area contributed by atoms with Gasteiger partial charge in [0.25, 0.3) is 5.91 Å². The van der Waals surface area contributed by atoms with Gasteiger partial charge in [-0.15, -0.1) is 0 Å². The Morgan fingerprint density at radius 2 is 1.69 bits per heavy atom. The number of anilines is 1. The standard InChI is InChI=1S/C30H37N3O8S/c1-20(34)31-23-14-15-27(26(18-23)40-17-16-22-12-9-11-21-10-7-8-13-24(21)22)42(37,38)32-25(29(36)33(5)39-6)19-28(35)41-30(2,3)4/h7-15,18,25,32H,16-17,19H2,1-6H3,(H,31,34). The molecule has 2 N–H and O–H groups in total. The van der Waals surface area contributed by atoms with Crippen LogP contribution in [-0.4, -0.2) is 63.7 Å². The van der Waals surface area contributed by atoms with Crippen LogP contribution in [0.25, 0.3) is 10.8 Å². The molecular formula is C30H37N3O8S. The minimum Gasteiger partial charge on any atom is -0.492 e. The second kappa shape index (κ2) is 13.8. The maximum Gasteiger partial charge on any atom is 0.308 e. The van der Waals surface area contributed by atoms with E-state index in [0.717, 1.165) is 21.4 Å². The number of benzene rings is 3. The van der Waals surface area contributed by atoms with Gasteiger partial charge in [0.2, 0.25) is 15.9 Å². The molecule has 0 saturated heterocycles. The van der Waals surface area contributed by atoms with Crippen molar-refractivity contribution in [3.63, 3.8) is 0 Å². The number of nitrogens with zero attached hydrogens (tertiary/aromatic N) is 1. The average Bonchev–Trinajstić information content (AvgIpc) is 2.90. The molecule has 0 bridgehead atoms. The van der Waals surface area contributed by atoms with Gasteiger partial charge in [-0.3, -0.25) is 19.2 Å². The number of hydrogen-bond donors (Lipinski definition) is 2. The molecule has 226 valence electrons. The maximum atomic E-state index is 13.6. The Labute approximate surface area is 246 Å². The molecule has 0 heterocycles. The second-order valence-electron chi connectivity index (χ2n) is 10.6. The minimum absolute atomic E-state index is 0.0439. The Balaban J connectivity index is 1.91. The van der Waals surface area contributed by atoms with E-state index in [1.165, 1.54) is 39.3 Å². The summed E-state index contributed by atoms with van der Waals surface area (Å²) in [6.45, 7) is 6.42. The monoisotopic (exact) mass is 599 g/mol. The summed E-state index contributed by atoms with van der Waals surface area (Å²) in [5.41, 5.74) is 0.489. The van der Waals surface area contributed by atoms with Gasteiger partial charge in [-0.1, -0.05) is 42.5 Å². The first-order chi connectivity index (χ1) is 19.7. The van der Waals surface area contributed by atoms with Gasteiger partial charge in [0.15, 0.2) is 0 Å². The highest BCUT2D eigenvalue weighted by Gasteiger charge is 2.33. The largest absolute Gasteiger partial charge is 0.492 e. The van der Waals surface area contributed by atoms with Crippen molar-refractivity contribution in [1.29, 1.82) is 0 Å². The van der Waals surface area contributed by atoms with E-state index >= 15 is 0 Å². The molecule has 0 fully saturated rings. The number of carbonyl (C=O) groups excluding carboxylic acids is 3. The molecular weight excluding hydrogens is 562 g/mol. The molecule has 0 spiro atoms. The van der Waals surface area contributed by atoms with Crippen molar-refractivity contribution in [3.8, 4) is 5.75 Å². The number of rotatable bonds is 12. The number of ether oxygens (including phenoxy) is 2. The Morgan fingerprint density at radius 1 is 1.00 bits per heavy atom. The van der Waals surface area contributed by atoms with Crippen molar-refractivity contribution in [2.75, 3.05) is 26.1 Å². The number of hydroxylamine groups is 2. The van der Waals surface area contributed by atoms with Crippen LogP contribution in [0.2, 0.25) is 0 Å². The molecule has 0 aliphatic rings. The van der Waals surface area contributed by atoms with Crippen LogP contribution in [0.1, 0.15) is 39.7 Å². The van der Waals surface area contributed by atoms with E-state index < -0.39 is 40.0 Å². The summed E-state index contributed by atoms with van der Waals surface area (Å²) >= 11 is 0. The fraction of sp³-hybridized carbons (Fsp3) is 0.367. The van der Waals surface area contributed by atoms with Gasteiger partial charge in [-0.05, 0) is 49.2 Å². The number of likely N-dealkylation sites (N-methyl/N-ethyl adjacent to an activating group) is 1.